The Hall–Kier alpha value is -2.81. The van der Waals surface area contributed by atoms with E-state index in [9.17, 15) is 17.2 Å². The summed E-state index contributed by atoms with van der Waals surface area (Å²) in [6.07, 6.45) is 1.18. The molecule has 0 unspecified atom stereocenters. The van der Waals surface area contributed by atoms with E-state index in [0.29, 0.717) is 5.56 Å². The van der Waals surface area contributed by atoms with Crippen molar-refractivity contribution >= 4 is 15.5 Å². The van der Waals surface area contributed by atoms with E-state index in [2.05, 4.69) is 15.5 Å². The zero-order valence-electron chi connectivity index (χ0n) is 14.7. The van der Waals surface area contributed by atoms with Crippen molar-refractivity contribution in [3.05, 3.63) is 65.0 Å². The normalized spacial score (nSPS) is 11.6. The third-order valence-corrected chi connectivity index (χ3v) is 4.77. The number of rotatable bonds is 6. The van der Waals surface area contributed by atoms with Crippen LogP contribution < -0.4 is 5.32 Å². The van der Waals surface area contributed by atoms with Crippen molar-refractivity contribution in [1.29, 1.82) is 0 Å². The number of benzene rings is 2. The number of nitrogens with zero attached hydrogens (tertiary/aromatic N) is 2. The van der Waals surface area contributed by atoms with Gasteiger partial charge in [-0.3, -0.25) is 0 Å². The van der Waals surface area contributed by atoms with Gasteiger partial charge >= 0.3 is 0 Å². The largest absolute Gasteiger partial charge is 0.377 e. The van der Waals surface area contributed by atoms with Gasteiger partial charge in [0.15, 0.2) is 15.7 Å². The molecule has 2 aromatic carbocycles. The smallest absolute Gasteiger partial charge is 0.260 e. The van der Waals surface area contributed by atoms with E-state index in [-0.39, 0.29) is 29.6 Å². The molecule has 3 rings (SSSR count). The van der Waals surface area contributed by atoms with Crippen molar-refractivity contribution in [2.75, 3.05) is 11.6 Å². The third-order valence-electron chi connectivity index (χ3n) is 3.93. The summed E-state index contributed by atoms with van der Waals surface area (Å²) in [6, 6.07) is 8.40. The first-order valence-electron chi connectivity index (χ1n) is 8.01. The molecule has 0 aliphatic carbocycles. The van der Waals surface area contributed by atoms with Crippen LogP contribution in [-0.4, -0.2) is 24.8 Å². The zero-order valence-corrected chi connectivity index (χ0v) is 15.5. The molecule has 27 heavy (non-hydrogen) atoms. The van der Waals surface area contributed by atoms with E-state index in [1.807, 2.05) is 13.0 Å². The monoisotopic (exact) mass is 393 g/mol. The Balaban J connectivity index is 1.75. The van der Waals surface area contributed by atoms with Gasteiger partial charge in [0, 0.05) is 18.0 Å². The van der Waals surface area contributed by atoms with Crippen LogP contribution in [0.15, 0.2) is 40.9 Å². The molecule has 0 radical (unpaired) electrons. The number of sulfone groups is 1. The van der Waals surface area contributed by atoms with Gasteiger partial charge in [0.1, 0.15) is 11.6 Å². The topological polar surface area (TPSA) is 85.1 Å². The van der Waals surface area contributed by atoms with Gasteiger partial charge in [-0.2, -0.15) is 4.98 Å². The van der Waals surface area contributed by atoms with Gasteiger partial charge in [-0.1, -0.05) is 17.3 Å². The first-order valence-corrected chi connectivity index (χ1v) is 10.1. The highest BCUT2D eigenvalue weighted by molar-refractivity contribution is 7.89. The standard InChI is InChI=1S/C18H17F2N3O3S/c1-11-12(10-27(2,24)25)4-3-5-16(11)21-9-17-22-18(26-23-17)14-7-6-13(19)8-15(14)20/h3-8,21H,9-10H2,1-2H3. The fraction of sp³-hybridized carbons (Fsp3) is 0.222. The van der Waals surface area contributed by atoms with Crippen LogP contribution in [0.2, 0.25) is 0 Å². The van der Waals surface area contributed by atoms with Crippen LogP contribution in [0, 0.1) is 18.6 Å². The van der Waals surface area contributed by atoms with Crippen LogP contribution in [0.4, 0.5) is 14.5 Å². The summed E-state index contributed by atoms with van der Waals surface area (Å²) in [6.45, 7) is 2.01. The van der Waals surface area contributed by atoms with Crippen molar-refractivity contribution in [2.24, 2.45) is 0 Å². The van der Waals surface area contributed by atoms with Crippen molar-refractivity contribution in [3.8, 4) is 11.5 Å². The maximum Gasteiger partial charge on any atom is 0.260 e. The highest BCUT2D eigenvalue weighted by Crippen LogP contribution is 2.23. The van der Waals surface area contributed by atoms with Crippen LogP contribution in [0.5, 0.6) is 0 Å². The first-order chi connectivity index (χ1) is 12.7. The van der Waals surface area contributed by atoms with Gasteiger partial charge in [0.2, 0.25) is 0 Å². The molecule has 6 nitrogen and oxygen atoms in total. The van der Waals surface area contributed by atoms with Crippen LogP contribution >= 0.6 is 0 Å². The summed E-state index contributed by atoms with van der Waals surface area (Å²) in [4.78, 5) is 4.10. The predicted octanol–water partition coefficient (Wildman–Crippen LogP) is 3.48. The number of hydrogen-bond acceptors (Lipinski definition) is 6. The molecule has 0 aliphatic rings. The number of nitrogens with one attached hydrogen (secondary N) is 1. The molecule has 0 fully saturated rings. The summed E-state index contributed by atoms with van der Waals surface area (Å²) in [7, 11) is -3.15. The maximum absolute atomic E-state index is 13.8. The third kappa shape index (κ3) is 4.68. The Labute approximate surface area is 155 Å². The lowest BCUT2D eigenvalue weighted by atomic mass is 10.1. The Morgan fingerprint density at radius 1 is 1.19 bits per heavy atom. The molecule has 142 valence electrons. The Morgan fingerprint density at radius 2 is 1.96 bits per heavy atom. The highest BCUT2D eigenvalue weighted by Gasteiger charge is 2.15. The molecule has 0 amide bonds. The van der Waals surface area contributed by atoms with Gasteiger partial charge in [0.25, 0.3) is 5.89 Å². The maximum atomic E-state index is 13.8. The molecule has 0 aliphatic heterocycles. The minimum atomic E-state index is -3.15. The van der Waals surface area contributed by atoms with Gasteiger partial charge in [-0.15, -0.1) is 0 Å². The quantitative estimate of drug-likeness (QED) is 0.690. The number of halogens is 2. The Kier molecular flexibility index (Phi) is 5.22. The minimum absolute atomic E-state index is 0.0153. The molecular weight excluding hydrogens is 376 g/mol. The molecule has 1 N–H and O–H groups in total. The average molecular weight is 393 g/mol. The van der Waals surface area contributed by atoms with Crippen molar-refractivity contribution in [3.63, 3.8) is 0 Å². The summed E-state index contributed by atoms with van der Waals surface area (Å²) in [5, 5.41) is 6.89. The summed E-state index contributed by atoms with van der Waals surface area (Å²) >= 11 is 0. The Bertz CT molecular complexity index is 1080. The van der Waals surface area contributed by atoms with E-state index in [4.69, 9.17) is 4.52 Å². The van der Waals surface area contributed by atoms with Gasteiger partial charge < -0.3 is 9.84 Å². The van der Waals surface area contributed by atoms with Gasteiger partial charge in [0.05, 0.1) is 17.9 Å². The lowest BCUT2D eigenvalue weighted by molar-refractivity contribution is 0.421. The molecule has 0 saturated heterocycles. The van der Waals surface area contributed by atoms with E-state index < -0.39 is 21.5 Å². The highest BCUT2D eigenvalue weighted by atomic mass is 32.2. The molecule has 1 heterocycles. The second kappa shape index (κ2) is 7.43. The van der Waals surface area contributed by atoms with E-state index in [0.717, 1.165) is 23.4 Å². The zero-order chi connectivity index (χ0) is 19.6. The number of aromatic nitrogens is 2. The Morgan fingerprint density at radius 3 is 2.67 bits per heavy atom. The molecule has 0 bridgehead atoms. The number of hydrogen-bond donors (Lipinski definition) is 1. The summed E-state index contributed by atoms with van der Waals surface area (Å²) < 4.78 is 54.9. The van der Waals surface area contributed by atoms with Crippen molar-refractivity contribution in [2.45, 2.75) is 19.2 Å². The molecular formula is C18H17F2N3O3S. The molecule has 1 aromatic heterocycles. The second-order valence-electron chi connectivity index (χ2n) is 6.15. The lowest BCUT2D eigenvalue weighted by Crippen LogP contribution is -2.07. The first kappa shape index (κ1) is 19.0. The predicted molar refractivity (Wildman–Crippen MR) is 96.7 cm³/mol. The van der Waals surface area contributed by atoms with Crippen molar-refractivity contribution in [1.82, 2.24) is 10.1 Å². The lowest BCUT2D eigenvalue weighted by Gasteiger charge is -2.11. The fourth-order valence-corrected chi connectivity index (χ4v) is 3.46. The van der Waals surface area contributed by atoms with Crippen LogP contribution in [-0.2, 0) is 22.1 Å². The van der Waals surface area contributed by atoms with E-state index in [1.165, 1.54) is 12.3 Å². The van der Waals surface area contributed by atoms with E-state index >= 15 is 0 Å². The average Bonchev–Trinajstić information content (AvgIpc) is 3.03. The van der Waals surface area contributed by atoms with Gasteiger partial charge in [-0.25, -0.2) is 17.2 Å². The van der Waals surface area contributed by atoms with E-state index in [1.54, 1.807) is 12.1 Å². The molecule has 3 aromatic rings. The van der Waals surface area contributed by atoms with Crippen molar-refractivity contribution < 1.29 is 21.7 Å². The van der Waals surface area contributed by atoms with Gasteiger partial charge in [-0.05, 0) is 36.2 Å². The SMILES string of the molecule is Cc1c(CS(C)(=O)=O)cccc1NCc1noc(-c2ccc(F)cc2F)n1. The second-order valence-corrected chi connectivity index (χ2v) is 8.29. The molecule has 0 saturated carbocycles. The summed E-state index contributed by atoms with van der Waals surface area (Å²) in [5.41, 5.74) is 2.25. The molecule has 0 spiro atoms. The van der Waals surface area contributed by atoms with Crippen LogP contribution in [0.3, 0.4) is 0 Å². The number of anilines is 1. The van der Waals surface area contributed by atoms with Crippen LogP contribution in [0.1, 0.15) is 17.0 Å². The summed E-state index contributed by atoms with van der Waals surface area (Å²) in [5.74, 6) is -1.30. The van der Waals surface area contributed by atoms with Crippen LogP contribution in [0.25, 0.3) is 11.5 Å². The minimum Gasteiger partial charge on any atom is -0.377 e. The molecule has 9 heteroatoms. The fourth-order valence-electron chi connectivity index (χ4n) is 2.59. The molecule has 0 atom stereocenters.